The van der Waals surface area contributed by atoms with Crippen molar-refractivity contribution in [2.75, 3.05) is 26.4 Å². The standard InChI is InChI=1S/C84H147NO18/c1-3-5-7-9-11-13-15-17-19-21-22-23-24-25-26-27-28-29-30-31-32-33-34-35-36-37-38-39-40-41-42-43-44-46-48-50-52-54-56-58-60-62-72(90)85-67(68(89)61-59-57-55-53-51-49-47-45-20-18-16-14-12-10-8-6-4-2)66-98-82-78(96)75(93)80(70(64-87)100-82)103-84-79(97)76(94)81(71(65-88)101-84)102-83-77(95)74(92)73(91)69(63-86)99-83/h5,7,11,13,17,19,22-23,25-26,28-29,31-32,59,61,67-71,73-84,86-89,91-97H,3-4,6,8-10,12,14-16,18,20-21,24,27,30,33-58,60,62-66H2,1-2H3,(H,85,90)/b7-5-,13-11-,19-17-,23-22-,26-25-,29-28-,32-31-,61-59+. The Balaban J connectivity index is 1.30. The zero-order valence-electron chi connectivity index (χ0n) is 63.8. The maximum atomic E-state index is 13.5. The van der Waals surface area contributed by atoms with Gasteiger partial charge in [0, 0.05) is 6.42 Å². The van der Waals surface area contributed by atoms with Gasteiger partial charge in [-0.3, -0.25) is 4.79 Å². The van der Waals surface area contributed by atoms with Gasteiger partial charge in [-0.15, -0.1) is 0 Å². The van der Waals surface area contributed by atoms with Crippen molar-refractivity contribution in [3.05, 3.63) is 97.2 Å². The molecule has 3 saturated heterocycles. The van der Waals surface area contributed by atoms with Gasteiger partial charge in [-0.1, -0.05) is 310 Å². The Morgan fingerprint density at radius 3 is 1.05 bits per heavy atom. The third-order valence-electron chi connectivity index (χ3n) is 19.9. The van der Waals surface area contributed by atoms with Crippen LogP contribution in [0.25, 0.3) is 0 Å². The highest BCUT2D eigenvalue weighted by Crippen LogP contribution is 2.33. The van der Waals surface area contributed by atoms with Gasteiger partial charge in [0.1, 0.15) is 73.2 Å². The maximum Gasteiger partial charge on any atom is 0.220 e. The van der Waals surface area contributed by atoms with Crippen LogP contribution in [0, 0.1) is 0 Å². The van der Waals surface area contributed by atoms with Gasteiger partial charge in [0.15, 0.2) is 18.9 Å². The number of carbonyl (C=O) groups excluding carboxylic acids is 1. The predicted molar refractivity (Wildman–Crippen MR) is 411 cm³/mol. The number of allylic oxidation sites excluding steroid dienone is 15. The molecule has 0 bridgehead atoms. The molecule has 17 atom stereocenters. The molecule has 17 unspecified atom stereocenters. The first kappa shape index (κ1) is 93.9. The number of aliphatic hydroxyl groups is 11. The van der Waals surface area contributed by atoms with E-state index in [0.717, 1.165) is 89.9 Å². The Morgan fingerprint density at radius 2 is 0.670 bits per heavy atom. The lowest BCUT2D eigenvalue weighted by molar-refractivity contribution is -0.379. The number of unbranched alkanes of at least 4 members (excludes halogenated alkanes) is 34. The number of aliphatic hydroxyl groups excluding tert-OH is 11. The molecule has 1 amide bonds. The van der Waals surface area contributed by atoms with Gasteiger partial charge in [0.2, 0.25) is 5.91 Å². The zero-order chi connectivity index (χ0) is 74.6. The Hall–Kier alpha value is -3.29. The van der Waals surface area contributed by atoms with Crippen LogP contribution in [-0.4, -0.2) is 193 Å². The number of nitrogens with one attached hydrogen (secondary N) is 1. The van der Waals surface area contributed by atoms with Gasteiger partial charge in [0.05, 0.1) is 38.6 Å². The van der Waals surface area contributed by atoms with Crippen molar-refractivity contribution < 1.29 is 89.4 Å². The van der Waals surface area contributed by atoms with Crippen LogP contribution in [0.2, 0.25) is 0 Å². The molecule has 0 aromatic rings. The topological polar surface area (TPSA) is 307 Å². The summed E-state index contributed by atoms with van der Waals surface area (Å²) in [6.07, 6.45) is 59.7. The van der Waals surface area contributed by atoms with Crippen molar-refractivity contribution in [3.63, 3.8) is 0 Å². The Kier molecular flexibility index (Phi) is 58.0. The average molecular weight is 1460 g/mol. The average Bonchev–Trinajstić information content (AvgIpc) is 0.782. The van der Waals surface area contributed by atoms with Crippen molar-refractivity contribution in [2.45, 2.75) is 401 Å². The van der Waals surface area contributed by atoms with E-state index >= 15 is 0 Å². The van der Waals surface area contributed by atoms with Gasteiger partial charge >= 0.3 is 0 Å². The summed E-state index contributed by atoms with van der Waals surface area (Å²) in [7, 11) is 0. The summed E-state index contributed by atoms with van der Waals surface area (Å²) in [6.45, 7) is 1.64. The van der Waals surface area contributed by atoms with Crippen molar-refractivity contribution in [1.82, 2.24) is 5.32 Å². The van der Waals surface area contributed by atoms with Gasteiger partial charge in [0.25, 0.3) is 0 Å². The molecule has 3 aliphatic rings. The van der Waals surface area contributed by atoms with Crippen molar-refractivity contribution >= 4 is 5.91 Å². The smallest absolute Gasteiger partial charge is 0.220 e. The molecule has 19 nitrogen and oxygen atoms in total. The fourth-order valence-electron chi connectivity index (χ4n) is 13.4. The summed E-state index contributed by atoms with van der Waals surface area (Å²) in [4.78, 5) is 13.5. The van der Waals surface area contributed by atoms with Crippen LogP contribution in [-0.2, 0) is 33.2 Å². The minimum atomic E-state index is -1.98. The normalized spacial score (nSPS) is 26.6. The lowest BCUT2D eigenvalue weighted by Gasteiger charge is -2.48. The number of carbonyl (C=O) groups is 1. The van der Waals surface area contributed by atoms with E-state index < -0.39 is 124 Å². The Morgan fingerprint density at radius 1 is 0.359 bits per heavy atom. The highest BCUT2D eigenvalue weighted by Gasteiger charge is 2.54. The van der Waals surface area contributed by atoms with Crippen LogP contribution in [0.3, 0.4) is 0 Å². The molecule has 19 heteroatoms. The predicted octanol–water partition coefficient (Wildman–Crippen LogP) is 14.0. The Bertz CT molecular complexity index is 2240. The Labute approximate surface area is 622 Å². The molecule has 3 fully saturated rings. The van der Waals surface area contributed by atoms with E-state index in [-0.39, 0.29) is 18.9 Å². The van der Waals surface area contributed by atoms with E-state index in [1.54, 1.807) is 6.08 Å². The van der Waals surface area contributed by atoms with Crippen LogP contribution >= 0.6 is 0 Å². The second-order valence-electron chi connectivity index (χ2n) is 28.9. The monoisotopic (exact) mass is 1460 g/mol. The van der Waals surface area contributed by atoms with E-state index in [0.29, 0.717) is 6.42 Å². The minimum absolute atomic E-state index is 0.242. The molecule has 0 saturated carbocycles. The van der Waals surface area contributed by atoms with E-state index in [4.69, 9.17) is 28.4 Å². The first-order valence-electron chi connectivity index (χ1n) is 41.0. The van der Waals surface area contributed by atoms with Crippen molar-refractivity contribution in [2.24, 2.45) is 0 Å². The first-order chi connectivity index (χ1) is 50.3. The molecule has 596 valence electrons. The lowest BCUT2D eigenvalue weighted by atomic mass is 9.96. The summed E-state index contributed by atoms with van der Waals surface area (Å²) >= 11 is 0. The molecule has 103 heavy (non-hydrogen) atoms. The number of amides is 1. The molecule has 0 aliphatic carbocycles. The molecule has 0 aromatic carbocycles. The molecule has 12 N–H and O–H groups in total. The minimum Gasteiger partial charge on any atom is -0.394 e. The summed E-state index contributed by atoms with van der Waals surface area (Å²) in [5.41, 5.74) is 0. The van der Waals surface area contributed by atoms with Crippen LogP contribution in [0.5, 0.6) is 0 Å². The fourth-order valence-corrected chi connectivity index (χ4v) is 13.4. The van der Waals surface area contributed by atoms with Gasteiger partial charge < -0.3 is 89.9 Å². The lowest BCUT2D eigenvalue weighted by Crippen LogP contribution is -2.66. The molecular formula is C84H147NO18. The molecule has 0 aromatic heterocycles. The van der Waals surface area contributed by atoms with E-state index in [2.05, 4.69) is 104 Å². The van der Waals surface area contributed by atoms with Crippen molar-refractivity contribution in [1.29, 1.82) is 0 Å². The quantitative estimate of drug-likeness (QED) is 0.0199. The molecule has 3 rings (SSSR count). The SMILES string of the molecule is CC/C=C\C/C=C\C/C=C\C/C=C\C/C=C\C/C=C\C/C=C\CCCCCCCCCCCCCCCCCCCCCC(=O)NC(COC1OC(CO)C(OC2OC(CO)C(OC3OC(CO)C(O)C(O)C3O)C(O)C2O)C(O)C1O)C(O)/C=C/CCCCCCCCCCCCCCCCC. The zero-order valence-corrected chi connectivity index (χ0v) is 63.8. The second kappa shape index (κ2) is 63.6. The second-order valence-corrected chi connectivity index (χ2v) is 28.9. The molecule has 0 spiro atoms. The summed E-state index contributed by atoms with van der Waals surface area (Å²) in [6, 6.07) is -0.976. The van der Waals surface area contributed by atoms with E-state index in [9.17, 15) is 61.0 Å². The summed E-state index contributed by atoms with van der Waals surface area (Å²) in [5.74, 6) is -0.274. The maximum absolute atomic E-state index is 13.5. The first-order valence-corrected chi connectivity index (χ1v) is 41.0. The molecule has 3 heterocycles. The summed E-state index contributed by atoms with van der Waals surface area (Å²) in [5, 5.41) is 121. The van der Waals surface area contributed by atoms with Gasteiger partial charge in [-0.25, -0.2) is 0 Å². The third kappa shape index (κ3) is 43.5. The van der Waals surface area contributed by atoms with E-state index in [1.165, 1.54) is 180 Å². The van der Waals surface area contributed by atoms with Crippen molar-refractivity contribution in [3.8, 4) is 0 Å². The van der Waals surface area contributed by atoms with Crippen LogP contribution in [0.1, 0.15) is 296 Å². The largest absolute Gasteiger partial charge is 0.394 e. The number of hydrogen-bond donors (Lipinski definition) is 12. The van der Waals surface area contributed by atoms with Gasteiger partial charge in [-0.05, 0) is 77.0 Å². The molecular weight excluding hydrogens is 1310 g/mol. The van der Waals surface area contributed by atoms with Crippen LogP contribution in [0.4, 0.5) is 0 Å². The number of hydrogen-bond acceptors (Lipinski definition) is 18. The van der Waals surface area contributed by atoms with E-state index in [1.807, 2.05) is 6.08 Å². The van der Waals surface area contributed by atoms with Crippen LogP contribution < -0.4 is 5.32 Å². The highest BCUT2D eigenvalue weighted by molar-refractivity contribution is 5.76. The molecule has 3 aliphatic heterocycles. The number of rotatable bonds is 64. The number of ether oxygens (including phenoxy) is 6. The van der Waals surface area contributed by atoms with Gasteiger partial charge in [-0.2, -0.15) is 0 Å². The summed E-state index contributed by atoms with van der Waals surface area (Å²) < 4.78 is 34.4. The fraction of sp³-hybridized carbons (Fsp3) is 0.798. The molecule has 0 radical (unpaired) electrons. The van der Waals surface area contributed by atoms with Crippen LogP contribution in [0.15, 0.2) is 97.2 Å². The third-order valence-corrected chi connectivity index (χ3v) is 19.9. The highest BCUT2D eigenvalue weighted by atomic mass is 16.8.